The number of hydrogen-bond donors (Lipinski definition) is 1. The number of halogens is 1. The van der Waals surface area contributed by atoms with E-state index in [0.717, 1.165) is 17.8 Å². The predicted octanol–water partition coefficient (Wildman–Crippen LogP) is 4.73. The Labute approximate surface area is 175 Å². The van der Waals surface area contributed by atoms with Crippen LogP contribution >= 0.6 is 12.4 Å². The third kappa shape index (κ3) is 5.19. The van der Waals surface area contributed by atoms with E-state index in [1.54, 1.807) is 4.68 Å². The third-order valence-electron chi connectivity index (χ3n) is 4.46. The van der Waals surface area contributed by atoms with Gasteiger partial charge in [-0.3, -0.25) is 0 Å². The Morgan fingerprint density at radius 2 is 1.66 bits per heavy atom. The zero-order chi connectivity index (χ0) is 19.2. The summed E-state index contributed by atoms with van der Waals surface area (Å²) in [5.74, 6) is 0.693. The van der Waals surface area contributed by atoms with Crippen molar-refractivity contribution in [3.63, 3.8) is 0 Å². The zero-order valence-corrected chi connectivity index (χ0v) is 16.8. The maximum absolute atomic E-state index is 5.94. The quantitative estimate of drug-likeness (QED) is 0.480. The molecule has 3 aromatic carbocycles. The van der Waals surface area contributed by atoms with Gasteiger partial charge in [0.15, 0.2) is 0 Å². The zero-order valence-electron chi connectivity index (χ0n) is 16.0. The van der Waals surface area contributed by atoms with Crippen molar-refractivity contribution in [2.24, 2.45) is 0 Å². The van der Waals surface area contributed by atoms with Gasteiger partial charge in [0.2, 0.25) is 0 Å². The summed E-state index contributed by atoms with van der Waals surface area (Å²) < 4.78 is 7.51. The van der Waals surface area contributed by atoms with E-state index in [9.17, 15) is 0 Å². The second-order valence-electron chi connectivity index (χ2n) is 6.47. The van der Waals surface area contributed by atoms with Crippen molar-refractivity contribution < 1.29 is 4.74 Å². The third-order valence-corrected chi connectivity index (χ3v) is 4.46. The molecule has 0 aliphatic carbocycles. The molecule has 7 heteroatoms. The van der Waals surface area contributed by atoms with Gasteiger partial charge in [-0.25, -0.2) is 0 Å². The minimum atomic E-state index is 0. The maximum atomic E-state index is 5.94. The smallest absolute Gasteiger partial charge is 0.345 e. The molecular weight excluding hydrogens is 386 g/mol. The number of nitrogens with zero attached hydrogens (tertiary/aromatic N) is 4. The van der Waals surface area contributed by atoms with Crippen LogP contribution in [0.15, 0.2) is 84.9 Å². The standard InChI is InChI=1S/C22H21N5O.ClH/c1-17(19-10-4-2-5-11-19)23-16-18-9-8-14-21(15-18)28-22-24-25-26-27(22)20-12-6-3-7-13-20;/h2-15,17,23H,16H2,1H3;1H. The van der Waals surface area contributed by atoms with E-state index in [2.05, 4.69) is 58.1 Å². The summed E-state index contributed by atoms with van der Waals surface area (Å²) in [5, 5.41) is 15.3. The summed E-state index contributed by atoms with van der Waals surface area (Å²) in [7, 11) is 0. The number of ether oxygens (including phenoxy) is 1. The molecule has 0 fully saturated rings. The van der Waals surface area contributed by atoms with Crippen molar-refractivity contribution in [2.75, 3.05) is 0 Å². The van der Waals surface area contributed by atoms with Crippen molar-refractivity contribution in [1.82, 2.24) is 25.5 Å². The first-order chi connectivity index (χ1) is 13.8. The van der Waals surface area contributed by atoms with Crippen LogP contribution in [-0.4, -0.2) is 20.2 Å². The van der Waals surface area contributed by atoms with Gasteiger partial charge in [-0.05, 0) is 52.7 Å². The van der Waals surface area contributed by atoms with Gasteiger partial charge in [0.1, 0.15) is 5.75 Å². The Kier molecular flexibility index (Phi) is 6.94. The molecule has 1 atom stereocenters. The van der Waals surface area contributed by atoms with Gasteiger partial charge in [-0.1, -0.05) is 65.8 Å². The van der Waals surface area contributed by atoms with Crippen LogP contribution in [0.25, 0.3) is 5.69 Å². The molecular formula is C22H22ClN5O. The second kappa shape index (κ2) is 9.82. The van der Waals surface area contributed by atoms with Gasteiger partial charge in [0.05, 0.1) is 5.69 Å². The highest BCUT2D eigenvalue weighted by Crippen LogP contribution is 2.22. The van der Waals surface area contributed by atoms with Gasteiger partial charge < -0.3 is 10.1 Å². The SMILES string of the molecule is CC(NCc1cccc(Oc2nnnn2-c2ccccc2)c1)c1ccccc1.Cl. The number of rotatable bonds is 7. The Hall–Kier alpha value is -3.22. The number of hydrogen-bond acceptors (Lipinski definition) is 5. The van der Waals surface area contributed by atoms with Crippen LogP contribution in [0.5, 0.6) is 11.8 Å². The Bertz CT molecular complexity index is 1020. The molecule has 6 nitrogen and oxygen atoms in total. The fourth-order valence-electron chi connectivity index (χ4n) is 2.93. The molecule has 1 heterocycles. The fourth-order valence-corrected chi connectivity index (χ4v) is 2.93. The van der Waals surface area contributed by atoms with Gasteiger partial charge in [-0.15, -0.1) is 12.4 Å². The van der Waals surface area contributed by atoms with Crippen LogP contribution in [-0.2, 0) is 6.54 Å². The average Bonchev–Trinajstić information content (AvgIpc) is 3.21. The minimum Gasteiger partial charge on any atom is -0.423 e. The van der Waals surface area contributed by atoms with Gasteiger partial charge in [-0.2, -0.15) is 4.68 Å². The molecule has 0 aliphatic rings. The summed E-state index contributed by atoms with van der Waals surface area (Å²) in [6, 6.07) is 28.6. The molecule has 1 aromatic heterocycles. The molecule has 4 rings (SSSR count). The molecule has 1 N–H and O–H groups in total. The topological polar surface area (TPSA) is 64.9 Å². The summed E-state index contributed by atoms with van der Waals surface area (Å²) in [4.78, 5) is 0. The Morgan fingerprint density at radius 3 is 2.41 bits per heavy atom. The molecule has 0 bridgehead atoms. The van der Waals surface area contributed by atoms with Crippen molar-refractivity contribution in [3.8, 4) is 17.4 Å². The van der Waals surface area contributed by atoms with Crippen molar-refractivity contribution in [1.29, 1.82) is 0 Å². The molecule has 148 valence electrons. The highest BCUT2D eigenvalue weighted by molar-refractivity contribution is 5.85. The molecule has 1 unspecified atom stereocenters. The summed E-state index contributed by atoms with van der Waals surface area (Å²) in [6.45, 7) is 2.89. The molecule has 29 heavy (non-hydrogen) atoms. The molecule has 0 saturated carbocycles. The van der Waals surface area contributed by atoms with E-state index in [1.807, 2.05) is 54.6 Å². The van der Waals surface area contributed by atoms with E-state index in [0.29, 0.717) is 11.8 Å². The molecule has 0 aliphatic heterocycles. The number of tetrazole rings is 1. The van der Waals surface area contributed by atoms with Crippen LogP contribution in [0.3, 0.4) is 0 Å². The van der Waals surface area contributed by atoms with E-state index < -0.39 is 0 Å². The molecule has 0 saturated heterocycles. The first-order valence-corrected chi connectivity index (χ1v) is 9.18. The van der Waals surface area contributed by atoms with E-state index in [1.165, 1.54) is 5.56 Å². The summed E-state index contributed by atoms with van der Waals surface area (Å²) in [5.41, 5.74) is 3.23. The van der Waals surface area contributed by atoms with Crippen LogP contribution in [0, 0.1) is 0 Å². The van der Waals surface area contributed by atoms with Gasteiger partial charge in [0, 0.05) is 12.6 Å². The highest BCUT2D eigenvalue weighted by atomic mass is 35.5. The van der Waals surface area contributed by atoms with E-state index >= 15 is 0 Å². The van der Waals surface area contributed by atoms with Gasteiger partial charge in [0.25, 0.3) is 0 Å². The maximum Gasteiger partial charge on any atom is 0.345 e. The lowest BCUT2D eigenvalue weighted by atomic mass is 10.1. The molecule has 0 spiro atoms. The molecule has 0 radical (unpaired) electrons. The first kappa shape index (κ1) is 20.5. The Morgan fingerprint density at radius 1 is 0.931 bits per heavy atom. The van der Waals surface area contributed by atoms with Crippen molar-refractivity contribution in [3.05, 3.63) is 96.1 Å². The highest BCUT2D eigenvalue weighted by Gasteiger charge is 2.11. The normalized spacial score (nSPS) is 11.5. The second-order valence-corrected chi connectivity index (χ2v) is 6.47. The number of nitrogens with one attached hydrogen (secondary N) is 1. The lowest BCUT2D eigenvalue weighted by molar-refractivity contribution is 0.426. The average molecular weight is 408 g/mol. The number of benzene rings is 3. The van der Waals surface area contributed by atoms with Gasteiger partial charge >= 0.3 is 6.01 Å². The van der Waals surface area contributed by atoms with E-state index in [-0.39, 0.29) is 18.4 Å². The van der Waals surface area contributed by atoms with E-state index in [4.69, 9.17) is 4.74 Å². The van der Waals surface area contributed by atoms with Crippen LogP contribution in [0.1, 0.15) is 24.1 Å². The summed E-state index contributed by atoms with van der Waals surface area (Å²) >= 11 is 0. The predicted molar refractivity (Wildman–Crippen MR) is 115 cm³/mol. The monoisotopic (exact) mass is 407 g/mol. The minimum absolute atomic E-state index is 0. The lowest BCUT2D eigenvalue weighted by Crippen LogP contribution is -2.17. The van der Waals surface area contributed by atoms with Crippen LogP contribution in [0.2, 0.25) is 0 Å². The fraction of sp³-hybridized carbons (Fsp3) is 0.136. The largest absolute Gasteiger partial charge is 0.423 e. The molecule has 4 aromatic rings. The summed E-state index contributed by atoms with van der Waals surface area (Å²) in [6.07, 6.45) is 0. The molecule has 0 amide bonds. The van der Waals surface area contributed by atoms with Crippen molar-refractivity contribution >= 4 is 12.4 Å². The number of aromatic nitrogens is 4. The lowest BCUT2D eigenvalue weighted by Gasteiger charge is -2.14. The number of para-hydroxylation sites is 1. The Balaban J connectivity index is 0.00000240. The first-order valence-electron chi connectivity index (χ1n) is 9.18. The van der Waals surface area contributed by atoms with Crippen LogP contribution < -0.4 is 10.1 Å². The van der Waals surface area contributed by atoms with Crippen molar-refractivity contribution in [2.45, 2.75) is 19.5 Å². The van der Waals surface area contributed by atoms with Crippen LogP contribution in [0.4, 0.5) is 0 Å².